The first-order chi connectivity index (χ1) is 11.2. The van der Waals surface area contributed by atoms with E-state index >= 15 is 0 Å². The summed E-state index contributed by atoms with van der Waals surface area (Å²) in [7, 11) is 0. The first kappa shape index (κ1) is 16.5. The summed E-state index contributed by atoms with van der Waals surface area (Å²) in [5.41, 5.74) is 2.57. The smallest absolute Gasteiger partial charge is 0.220 e. The lowest BCUT2D eigenvalue weighted by Crippen LogP contribution is -2.47. The normalized spacial score (nSPS) is 20.7. The van der Waals surface area contributed by atoms with E-state index in [0.29, 0.717) is 12.5 Å². The molecule has 1 heterocycles. The van der Waals surface area contributed by atoms with Gasteiger partial charge in [-0.25, -0.2) is 0 Å². The maximum absolute atomic E-state index is 12.2. The van der Waals surface area contributed by atoms with Crippen LogP contribution in [0.1, 0.15) is 56.1 Å². The second kappa shape index (κ2) is 7.96. The molecule has 23 heavy (non-hydrogen) atoms. The fourth-order valence-corrected chi connectivity index (χ4v) is 4.12. The molecule has 3 heteroatoms. The molecule has 0 aromatic heterocycles. The van der Waals surface area contributed by atoms with E-state index in [2.05, 4.69) is 41.4 Å². The summed E-state index contributed by atoms with van der Waals surface area (Å²) in [6.45, 7) is 4.44. The average molecular weight is 314 g/mol. The molecular formula is C20H30N2O. The number of carbonyl (C=O) groups is 1. The molecule has 0 spiro atoms. The van der Waals surface area contributed by atoms with Crippen molar-refractivity contribution in [2.75, 3.05) is 13.1 Å². The van der Waals surface area contributed by atoms with Gasteiger partial charge in [0.2, 0.25) is 5.91 Å². The zero-order valence-electron chi connectivity index (χ0n) is 14.4. The fraction of sp³-hybridized carbons (Fsp3) is 0.650. The molecule has 1 N–H and O–H groups in total. The Morgan fingerprint density at radius 3 is 2.52 bits per heavy atom. The van der Waals surface area contributed by atoms with Crippen LogP contribution in [-0.4, -0.2) is 36.0 Å². The Morgan fingerprint density at radius 1 is 1.13 bits per heavy atom. The van der Waals surface area contributed by atoms with E-state index in [-0.39, 0.29) is 5.91 Å². The van der Waals surface area contributed by atoms with E-state index in [1.807, 2.05) is 0 Å². The average Bonchev–Trinajstić information content (AvgIpc) is 3.09. The van der Waals surface area contributed by atoms with Gasteiger partial charge in [0.1, 0.15) is 0 Å². The molecule has 0 unspecified atom stereocenters. The Morgan fingerprint density at radius 2 is 1.83 bits per heavy atom. The minimum absolute atomic E-state index is 0.215. The highest BCUT2D eigenvalue weighted by Gasteiger charge is 2.27. The lowest BCUT2D eigenvalue weighted by atomic mass is 10.0. The lowest BCUT2D eigenvalue weighted by molar-refractivity contribution is -0.122. The predicted octanol–water partition coefficient (Wildman–Crippen LogP) is 3.45. The van der Waals surface area contributed by atoms with Gasteiger partial charge in [0.25, 0.3) is 0 Å². The SMILES string of the molecule is Cc1ccccc1CCC(=O)NC1CCN(C2CCCC2)CC1. The summed E-state index contributed by atoms with van der Waals surface area (Å²) in [5.74, 6) is 0.215. The Balaban J connectivity index is 1.38. The molecule has 126 valence electrons. The van der Waals surface area contributed by atoms with Crippen LogP contribution in [0.3, 0.4) is 0 Å². The van der Waals surface area contributed by atoms with Gasteiger partial charge in [-0.1, -0.05) is 37.1 Å². The largest absolute Gasteiger partial charge is 0.353 e. The number of rotatable bonds is 5. The van der Waals surface area contributed by atoms with Gasteiger partial charge in [0.15, 0.2) is 0 Å². The van der Waals surface area contributed by atoms with Crippen LogP contribution in [0.15, 0.2) is 24.3 Å². The number of amides is 1. The second-order valence-electron chi connectivity index (χ2n) is 7.24. The zero-order chi connectivity index (χ0) is 16.1. The van der Waals surface area contributed by atoms with Gasteiger partial charge in [-0.3, -0.25) is 4.79 Å². The summed E-state index contributed by atoms with van der Waals surface area (Å²) >= 11 is 0. The van der Waals surface area contributed by atoms with E-state index in [1.54, 1.807) is 0 Å². The van der Waals surface area contributed by atoms with Gasteiger partial charge < -0.3 is 10.2 Å². The maximum Gasteiger partial charge on any atom is 0.220 e. The predicted molar refractivity (Wildman–Crippen MR) is 94.5 cm³/mol. The van der Waals surface area contributed by atoms with Crippen LogP contribution >= 0.6 is 0 Å². The van der Waals surface area contributed by atoms with Gasteiger partial charge in [0, 0.05) is 31.6 Å². The van der Waals surface area contributed by atoms with Crippen LogP contribution in [0.25, 0.3) is 0 Å². The van der Waals surface area contributed by atoms with Crippen molar-refractivity contribution in [2.24, 2.45) is 0 Å². The quantitative estimate of drug-likeness (QED) is 0.903. The third kappa shape index (κ3) is 4.57. The summed E-state index contributed by atoms with van der Waals surface area (Å²) in [6.07, 6.45) is 9.26. The Hall–Kier alpha value is -1.35. The number of likely N-dealkylation sites (tertiary alicyclic amines) is 1. The molecule has 0 radical (unpaired) electrons. The van der Waals surface area contributed by atoms with Crippen molar-refractivity contribution in [3.63, 3.8) is 0 Å². The third-order valence-corrected chi connectivity index (χ3v) is 5.62. The highest BCUT2D eigenvalue weighted by Crippen LogP contribution is 2.26. The van der Waals surface area contributed by atoms with Crippen molar-refractivity contribution < 1.29 is 4.79 Å². The number of hydrogen-bond donors (Lipinski definition) is 1. The number of aryl methyl sites for hydroxylation is 2. The lowest BCUT2D eigenvalue weighted by Gasteiger charge is -2.36. The van der Waals surface area contributed by atoms with Crippen LogP contribution in [-0.2, 0) is 11.2 Å². The van der Waals surface area contributed by atoms with Crippen LogP contribution < -0.4 is 5.32 Å². The molecule has 3 rings (SSSR count). The molecule has 1 aromatic carbocycles. The van der Waals surface area contributed by atoms with Crippen molar-refractivity contribution >= 4 is 5.91 Å². The molecule has 2 aliphatic rings. The molecule has 1 aliphatic heterocycles. The van der Waals surface area contributed by atoms with E-state index in [1.165, 1.54) is 36.8 Å². The number of nitrogens with zero attached hydrogens (tertiary/aromatic N) is 1. The minimum atomic E-state index is 0.215. The molecule has 0 bridgehead atoms. The molecular weight excluding hydrogens is 284 g/mol. The third-order valence-electron chi connectivity index (χ3n) is 5.62. The van der Waals surface area contributed by atoms with Gasteiger partial charge in [-0.05, 0) is 50.2 Å². The van der Waals surface area contributed by atoms with Crippen molar-refractivity contribution in [3.8, 4) is 0 Å². The van der Waals surface area contributed by atoms with E-state index < -0.39 is 0 Å². The van der Waals surface area contributed by atoms with E-state index in [9.17, 15) is 4.79 Å². The first-order valence-corrected chi connectivity index (χ1v) is 9.30. The standard InChI is InChI=1S/C20H30N2O/c1-16-6-2-3-7-17(16)10-11-20(23)21-18-12-14-22(15-13-18)19-8-4-5-9-19/h2-3,6-7,18-19H,4-5,8-15H2,1H3,(H,21,23). The maximum atomic E-state index is 12.2. The fourth-order valence-electron chi connectivity index (χ4n) is 4.12. The number of nitrogens with one attached hydrogen (secondary N) is 1. The number of carbonyl (C=O) groups excluding carboxylic acids is 1. The van der Waals surface area contributed by atoms with Crippen LogP contribution in [0.5, 0.6) is 0 Å². The molecule has 2 fully saturated rings. The molecule has 1 aromatic rings. The van der Waals surface area contributed by atoms with Gasteiger partial charge in [0.05, 0.1) is 0 Å². The van der Waals surface area contributed by atoms with Gasteiger partial charge in [-0.15, -0.1) is 0 Å². The van der Waals surface area contributed by atoms with E-state index in [0.717, 1.165) is 38.4 Å². The van der Waals surface area contributed by atoms with Crippen molar-refractivity contribution in [3.05, 3.63) is 35.4 Å². The summed E-state index contributed by atoms with van der Waals surface area (Å²) in [6, 6.07) is 9.56. The molecule has 0 atom stereocenters. The van der Waals surface area contributed by atoms with Crippen molar-refractivity contribution in [1.29, 1.82) is 0 Å². The van der Waals surface area contributed by atoms with Crippen LogP contribution in [0, 0.1) is 6.92 Å². The van der Waals surface area contributed by atoms with Crippen LogP contribution in [0.2, 0.25) is 0 Å². The van der Waals surface area contributed by atoms with Crippen molar-refractivity contribution in [2.45, 2.75) is 70.4 Å². The highest BCUT2D eigenvalue weighted by atomic mass is 16.1. The Labute approximate surface area is 140 Å². The van der Waals surface area contributed by atoms with E-state index in [4.69, 9.17) is 0 Å². The second-order valence-corrected chi connectivity index (χ2v) is 7.24. The Bertz CT molecular complexity index is 514. The molecule has 1 amide bonds. The molecule has 1 aliphatic carbocycles. The summed E-state index contributed by atoms with van der Waals surface area (Å²) in [5, 5.41) is 3.25. The van der Waals surface area contributed by atoms with Gasteiger partial charge >= 0.3 is 0 Å². The molecule has 3 nitrogen and oxygen atoms in total. The Kier molecular flexibility index (Phi) is 5.71. The summed E-state index contributed by atoms with van der Waals surface area (Å²) < 4.78 is 0. The van der Waals surface area contributed by atoms with Crippen molar-refractivity contribution in [1.82, 2.24) is 10.2 Å². The summed E-state index contributed by atoms with van der Waals surface area (Å²) in [4.78, 5) is 14.9. The zero-order valence-corrected chi connectivity index (χ0v) is 14.4. The number of piperidine rings is 1. The topological polar surface area (TPSA) is 32.3 Å². The highest BCUT2D eigenvalue weighted by molar-refractivity contribution is 5.76. The first-order valence-electron chi connectivity index (χ1n) is 9.30. The minimum Gasteiger partial charge on any atom is -0.353 e. The monoisotopic (exact) mass is 314 g/mol. The van der Waals surface area contributed by atoms with Crippen LogP contribution in [0.4, 0.5) is 0 Å². The van der Waals surface area contributed by atoms with Gasteiger partial charge in [-0.2, -0.15) is 0 Å². The number of hydrogen-bond acceptors (Lipinski definition) is 2. The molecule has 1 saturated heterocycles. The molecule has 1 saturated carbocycles. The number of benzene rings is 1.